The van der Waals surface area contributed by atoms with Crippen LogP contribution in [0, 0.1) is 0 Å². The molecule has 2 aromatic rings. The Morgan fingerprint density at radius 2 is 1.90 bits per heavy atom. The van der Waals surface area contributed by atoms with E-state index in [-0.39, 0.29) is 11.8 Å². The zero-order valence-corrected chi connectivity index (χ0v) is 19.0. The minimum atomic E-state index is -0.561. The summed E-state index contributed by atoms with van der Waals surface area (Å²) in [5, 5.41) is 7.97. The van der Waals surface area contributed by atoms with E-state index < -0.39 is 6.04 Å². The third-order valence-corrected chi connectivity index (χ3v) is 5.09. The first-order valence-corrected chi connectivity index (χ1v) is 10.8. The van der Waals surface area contributed by atoms with Crippen LogP contribution >= 0.6 is 11.6 Å². The summed E-state index contributed by atoms with van der Waals surface area (Å²) < 4.78 is 5.67. The molecule has 0 unspecified atom stereocenters. The van der Waals surface area contributed by atoms with Gasteiger partial charge in [-0.05, 0) is 50.5 Å². The van der Waals surface area contributed by atoms with Crippen LogP contribution in [0.15, 0.2) is 30.3 Å². The van der Waals surface area contributed by atoms with Crippen LogP contribution in [0.4, 0.5) is 0 Å². The van der Waals surface area contributed by atoms with Gasteiger partial charge in [-0.3, -0.25) is 9.59 Å². The van der Waals surface area contributed by atoms with Crippen molar-refractivity contribution in [3.63, 3.8) is 0 Å². The SMILES string of the molecule is CCCOc1ccc2cc(C(=O)N[C@@H](CCC)C(=O)NCCN(C)C)ccc2c1Cl. The summed E-state index contributed by atoms with van der Waals surface area (Å²) in [6.07, 6.45) is 2.27. The minimum Gasteiger partial charge on any atom is -0.492 e. The van der Waals surface area contributed by atoms with Gasteiger partial charge in [-0.1, -0.05) is 44.0 Å². The van der Waals surface area contributed by atoms with Crippen molar-refractivity contribution in [2.24, 2.45) is 0 Å². The molecule has 0 aromatic heterocycles. The fourth-order valence-corrected chi connectivity index (χ4v) is 3.35. The maximum atomic E-state index is 12.8. The molecule has 7 heteroatoms. The van der Waals surface area contributed by atoms with Gasteiger partial charge in [0.05, 0.1) is 11.6 Å². The van der Waals surface area contributed by atoms with Crippen LogP contribution in [-0.2, 0) is 4.79 Å². The number of benzene rings is 2. The Kier molecular flexibility index (Phi) is 9.40. The fraction of sp³-hybridized carbons (Fsp3) is 0.478. The van der Waals surface area contributed by atoms with Crippen LogP contribution in [0.5, 0.6) is 5.75 Å². The average Bonchev–Trinajstić information content (AvgIpc) is 2.72. The lowest BCUT2D eigenvalue weighted by Gasteiger charge is -2.19. The van der Waals surface area contributed by atoms with Gasteiger partial charge < -0.3 is 20.3 Å². The van der Waals surface area contributed by atoms with Crippen LogP contribution in [0.3, 0.4) is 0 Å². The highest BCUT2D eigenvalue weighted by Crippen LogP contribution is 2.33. The Bertz CT molecular complexity index is 870. The molecule has 2 aromatic carbocycles. The number of nitrogens with zero attached hydrogens (tertiary/aromatic N) is 1. The van der Waals surface area contributed by atoms with Crippen molar-refractivity contribution >= 4 is 34.2 Å². The van der Waals surface area contributed by atoms with Crippen molar-refractivity contribution in [2.45, 2.75) is 39.2 Å². The number of rotatable bonds is 11. The molecule has 0 spiro atoms. The van der Waals surface area contributed by atoms with E-state index in [1.54, 1.807) is 12.1 Å². The molecule has 0 fully saturated rings. The number of halogens is 1. The highest BCUT2D eigenvalue weighted by molar-refractivity contribution is 6.37. The molecule has 0 saturated carbocycles. The van der Waals surface area contributed by atoms with Gasteiger partial charge in [0.15, 0.2) is 0 Å². The molecular weight excluding hydrogens is 402 g/mol. The fourth-order valence-electron chi connectivity index (χ4n) is 3.06. The normalized spacial score (nSPS) is 12.1. The smallest absolute Gasteiger partial charge is 0.251 e. The Balaban J connectivity index is 2.12. The Hall–Kier alpha value is -2.31. The van der Waals surface area contributed by atoms with E-state index in [0.29, 0.717) is 35.9 Å². The molecule has 2 rings (SSSR count). The summed E-state index contributed by atoms with van der Waals surface area (Å²) >= 11 is 6.47. The maximum absolute atomic E-state index is 12.8. The minimum absolute atomic E-state index is 0.159. The van der Waals surface area contributed by atoms with Crippen LogP contribution in [-0.4, -0.2) is 56.5 Å². The van der Waals surface area contributed by atoms with Gasteiger partial charge in [-0.2, -0.15) is 0 Å². The summed E-state index contributed by atoms with van der Waals surface area (Å²) in [6.45, 7) is 5.91. The predicted molar refractivity (Wildman–Crippen MR) is 122 cm³/mol. The molecule has 6 nitrogen and oxygen atoms in total. The third kappa shape index (κ3) is 6.61. The van der Waals surface area contributed by atoms with E-state index in [1.165, 1.54) is 0 Å². The van der Waals surface area contributed by atoms with Gasteiger partial charge in [0.1, 0.15) is 11.8 Å². The van der Waals surface area contributed by atoms with Crippen LogP contribution in [0.2, 0.25) is 5.02 Å². The largest absolute Gasteiger partial charge is 0.492 e. The molecule has 0 aliphatic carbocycles. The Morgan fingerprint density at radius 1 is 1.13 bits per heavy atom. The second kappa shape index (κ2) is 11.8. The summed E-state index contributed by atoms with van der Waals surface area (Å²) in [7, 11) is 3.89. The summed E-state index contributed by atoms with van der Waals surface area (Å²) in [6, 6.07) is 8.47. The molecular formula is C23H32ClN3O3. The van der Waals surface area contributed by atoms with Gasteiger partial charge >= 0.3 is 0 Å². The number of carbonyl (C=O) groups is 2. The molecule has 0 radical (unpaired) electrons. The number of ether oxygens (including phenoxy) is 1. The quantitative estimate of drug-likeness (QED) is 0.564. The van der Waals surface area contributed by atoms with Crippen molar-refractivity contribution in [2.75, 3.05) is 33.8 Å². The van der Waals surface area contributed by atoms with E-state index >= 15 is 0 Å². The lowest BCUT2D eigenvalue weighted by atomic mass is 10.0. The van der Waals surface area contributed by atoms with Crippen molar-refractivity contribution in [3.05, 3.63) is 40.9 Å². The molecule has 0 bridgehead atoms. The molecule has 0 heterocycles. The maximum Gasteiger partial charge on any atom is 0.251 e. The molecule has 164 valence electrons. The van der Waals surface area contributed by atoms with Gasteiger partial charge in [0.2, 0.25) is 5.91 Å². The van der Waals surface area contributed by atoms with Gasteiger partial charge in [-0.15, -0.1) is 0 Å². The topological polar surface area (TPSA) is 70.7 Å². The first-order valence-electron chi connectivity index (χ1n) is 10.5. The Morgan fingerprint density at radius 3 is 2.57 bits per heavy atom. The highest BCUT2D eigenvalue weighted by Gasteiger charge is 2.20. The van der Waals surface area contributed by atoms with E-state index in [2.05, 4.69) is 10.6 Å². The summed E-state index contributed by atoms with van der Waals surface area (Å²) in [4.78, 5) is 27.3. The first kappa shape index (κ1) is 24.0. The van der Waals surface area contributed by atoms with Crippen molar-refractivity contribution in [1.29, 1.82) is 0 Å². The average molecular weight is 434 g/mol. The monoisotopic (exact) mass is 433 g/mol. The van der Waals surface area contributed by atoms with Crippen LogP contribution < -0.4 is 15.4 Å². The number of hydrogen-bond donors (Lipinski definition) is 2. The lowest BCUT2D eigenvalue weighted by molar-refractivity contribution is -0.123. The van der Waals surface area contributed by atoms with E-state index in [9.17, 15) is 9.59 Å². The summed E-state index contributed by atoms with van der Waals surface area (Å²) in [5.41, 5.74) is 0.489. The van der Waals surface area contributed by atoms with E-state index in [4.69, 9.17) is 16.3 Å². The molecule has 0 aliphatic heterocycles. The van der Waals surface area contributed by atoms with Gasteiger partial charge in [-0.25, -0.2) is 0 Å². The molecule has 2 amide bonds. The van der Waals surface area contributed by atoms with Crippen molar-refractivity contribution in [1.82, 2.24) is 15.5 Å². The number of amides is 2. The second-order valence-corrected chi connectivity index (χ2v) is 7.95. The molecule has 1 atom stereocenters. The third-order valence-electron chi connectivity index (χ3n) is 4.70. The molecule has 0 saturated heterocycles. The van der Waals surface area contributed by atoms with E-state index in [1.807, 2.05) is 51.0 Å². The zero-order chi connectivity index (χ0) is 22.1. The second-order valence-electron chi connectivity index (χ2n) is 7.57. The molecule has 30 heavy (non-hydrogen) atoms. The van der Waals surface area contributed by atoms with E-state index in [0.717, 1.165) is 30.2 Å². The number of carbonyl (C=O) groups excluding carboxylic acids is 2. The van der Waals surface area contributed by atoms with Crippen molar-refractivity contribution in [3.8, 4) is 5.75 Å². The first-order chi connectivity index (χ1) is 14.4. The predicted octanol–water partition coefficient (Wildman–Crippen LogP) is 3.86. The number of hydrogen-bond acceptors (Lipinski definition) is 4. The summed E-state index contributed by atoms with van der Waals surface area (Å²) in [5.74, 6) is 0.203. The number of nitrogens with one attached hydrogen (secondary N) is 2. The van der Waals surface area contributed by atoms with Gasteiger partial charge in [0, 0.05) is 24.0 Å². The number of likely N-dealkylation sites (N-methyl/N-ethyl adjacent to an activating group) is 1. The highest BCUT2D eigenvalue weighted by atomic mass is 35.5. The van der Waals surface area contributed by atoms with Crippen LogP contribution in [0.25, 0.3) is 10.8 Å². The molecule has 2 N–H and O–H groups in total. The lowest BCUT2D eigenvalue weighted by Crippen LogP contribution is -2.47. The van der Waals surface area contributed by atoms with Crippen LogP contribution in [0.1, 0.15) is 43.5 Å². The standard InChI is InChI=1S/C23H32ClN3O3/c1-5-7-19(23(29)25-12-13-27(3)4)26-22(28)17-8-10-18-16(15-17)9-11-20(21(18)24)30-14-6-2/h8-11,15,19H,5-7,12-14H2,1-4H3,(H,25,29)(H,26,28)/t19-/m0/s1. The zero-order valence-electron chi connectivity index (χ0n) is 18.3. The molecule has 0 aliphatic rings. The number of fused-ring (bicyclic) bond motifs is 1. The van der Waals surface area contributed by atoms with Gasteiger partial charge in [0.25, 0.3) is 5.91 Å². The Labute approximate surface area is 183 Å². The van der Waals surface area contributed by atoms with Crippen molar-refractivity contribution < 1.29 is 14.3 Å².